The number of rotatable bonds is 3. The van der Waals surface area contributed by atoms with Crippen LogP contribution in [0.2, 0.25) is 0 Å². The van der Waals surface area contributed by atoms with Crippen LogP contribution in [0.15, 0.2) is 35.0 Å². The van der Waals surface area contributed by atoms with Gasteiger partial charge < -0.3 is 14.7 Å². The quantitative estimate of drug-likeness (QED) is 0.794. The zero-order valence-corrected chi connectivity index (χ0v) is 12.1. The van der Waals surface area contributed by atoms with Gasteiger partial charge in [0, 0.05) is 6.54 Å². The first-order valence-corrected chi connectivity index (χ1v) is 6.78. The second-order valence-corrected chi connectivity index (χ2v) is 5.38. The van der Waals surface area contributed by atoms with E-state index < -0.39 is 0 Å². The van der Waals surface area contributed by atoms with Crippen molar-refractivity contribution in [3.8, 4) is 0 Å². The molecule has 4 nitrogen and oxygen atoms in total. The highest BCUT2D eigenvalue weighted by atomic mass is 16.3. The van der Waals surface area contributed by atoms with Gasteiger partial charge >= 0.3 is 0 Å². The van der Waals surface area contributed by atoms with Crippen LogP contribution in [0, 0.1) is 20.8 Å². The standard InChI is InChI=1S/C16H19N3O/c1-10-6-14-15(7-11(10)2)19(9-18-14)8-13(17)16-5-4-12(3)20-16/h4-7,9,13H,8,17H2,1-3H3. The zero-order chi connectivity index (χ0) is 14.3. The number of aromatic nitrogens is 2. The van der Waals surface area contributed by atoms with Gasteiger partial charge in [0.1, 0.15) is 11.5 Å². The van der Waals surface area contributed by atoms with Gasteiger partial charge in [-0.1, -0.05) is 0 Å². The smallest absolute Gasteiger partial charge is 0.122 e. The number of aryl methyl sites for hydroxylation is 3. The fourth-order valence-corrected chi connectivity index (χ4v) is 2.41. The molecule has 0 aliphatic heterocycles. The number of furan rings is 1. The van der Waals surface area contributed by atoms with E-state index in [0.717, 1.165) is 22.6 Å². The van der Waals surface area contributed by atoms with Crippen LogP contribution < -0.4 is 5.73 Å². The highest BCUT2D eigenvalue weighted by Gasteiger charge is 2.13. The van der Waals surface area contributed by atoms with E-state index in [2.05, 4.69) is 35.5 Å². The number of imidazole rings is 1. The summed E-state index contributed by atoms with van der Waals surface area (Å²) in [6.07, 6.45) is 1.85. The van der Waals surface area contributed by atoms with E-state index in [1.54, 1.807) is 0 Å². The summed E-state index contributed by atoms with van der Waals surface area (Å²) in [5.74, 6) is 1.70. The number of nitrogens with zero attached hydrogens (tertiary/aromatic N) is 2. The first kappa shape index (κ1) is 12.9. The van der Waals surface area contributed by atoms with E-state index in [0.29, 0.717) is 6.54 Å². The van der Waals surface area contributed by atoms with Gasteiger partial charge in [-0.15, -0.1) is 0 Å². The van der Waals surface area contributed by atoms with Crippen molar-refractivity contribution in [3.63, 3.8) is 0 Å². The van der Waals surface area contributed by atoms with Crippen LogP contribution in [-0.4, -0.2) is 9.55 Å². The maximum atomic E-state index is 6.22. The van der Waals surface area contributed by atoms with Gasteiger partial charge in [-0.3, -0.25) is 0 Å². The minimum atomic E-state index is -0.164. The van der Waals surface area contributed by atoms with Gasteiger partial charge in [0.05, 0.1) is 23.4 Å². The molecule has 0 bridgehead atoms. The first-order chi connectivity index (χ1) is 9.54. The number of hydrogen-bond acceptors (Lipinski definition) is 3. The van der Waals surface area contributed by atoms with Crippen molar-refractivity contribution in [2.75, 3.05) is 0 Å². The summed E-state index contributed by atoms with van der Waals surface area (Å²) in [6, 6.07) is 7.99. The topological polar surface area (TPSA) is 57.0 Å². The number of benzene rings is 1. The molecule has 3 aromatic rings. The third-order valence-electron chi connectivity index (χ3n) is 3.76. The van der Waals surface area contributed by atoms with Crippen LogP contribution >= 0.6 is 0 Å². The van der Waals surface area contributed by atoms with Crippen LogP contribution in [0.5, 0.6) is 0 Å². The summed E-state index contributed by atoms with van der Waals surface area (Å²) in [7, 11) is 0. The molecule has 0 saturated carbocycles. The largest absolute Gasteiger partial charge is 0.465 e. The lowest BCUT2D eigenvalue weighted by Gasteiger charge is -2.11. The normalized spacial score (nSPS) is 13.0. The zero-order valence-electron chi connectivity index (χ0n) is 12.1. The molecule has 0 saturated heterocycles. The van der Waals surface area contributed by atoms with Crippen molar-refractivity contribution in [2.45, 2.75) is 33.4 Å². The maximum Gasteiger partial charge on any atom is 0.122 e. The molecule has 0 spiro atoms. The van der Waals surface area contributed by atoms with Crippen molar-refractivity contribution < 1.29 is 4.42 Å². The molecule has 3 rings (SSSR count). The van der Waals surface area contributed by atoms with Gasteiger partial charge in [-0.05, 0) is 56.2 Å². The molecule has 1 atom stereocenters. The third-order valence-corrected chi connectivity index (χ3v) is 3.76. The predicted octanol–water partition coefficient (Wildman–Crippen LogP) is 3.25. The minimum absolute atomic E-state index is 0.164. The minimum Gasteiger partial charge on any atom is -0.465 e. The lowest BCUT2D eigenvalue weighted by molar-refractivity contribution is 0.422. The van der Waals surface area contributed by atoms with Crippen molar-refractivity contribution in [1.29, 1.82) is 0 Å². The highest BCUT2D eigenvalue weighted by Crippen LogP contribution is 2.21. The van der Waals surface area contributed by atoms with Crippen LogP contribution in [0.4, 0.5) is 0 Å². The van der Waals surface area contributed by atoms with E-state index in [-0.39, 0.29) is 6.04 Å². The maximum absolute atomic E-state index is 6.22. The summed E-state index contributed by atoms with van der Waals surface area (Å²) < 4.78 is 7.68. The summed E-state index contributed by atoms with van der Waals surface area (Å²) in [6.45, 7) is 6.80. The summed E-state index contributed by atoms with van der Waals surface area (Å²) in [4.78, 5) is 4.45. The van der Waals surface area contributed by atoms with Crippen LogP contribution in [0.25, 0.3) is 11.0 Å². The molecular formula is C16H19N3O. The lowest BCUT2D eigenvalue weighted by Crippen LogP contribution is -2.16. The molecule has 2 N–H and O–H groups in total. The molecule has 104 valence electrons. The van der Waals surface area contributed by atoms with Crippen molar-refractivity contribution in [1.82, 2.24) is 9.55 Å². The Morgan fingerprint density at radius 2 is 1.95 bits per heavy atom. The third kappa shape index (κ3) is 2.23. The fourth-order valence-electron chi connectivity index (χ4n) is 2.41. The molecule has 0 fully saturated rings. The Morgan fingerprint density at radius 1 is 1.20 bits per heavy atom. The molecule has 2 heterocycles. The van der Waals surface area contributed by atoms with Gasteiger partial charge in [0.25, 0.3) is 0 Å². The molecular weight excluding hydrogens is 250 g/mol. The first-order valence-electron chi connectivity index (χ1n) is 6.78. The van der Waals surface area contributed by atoms with E-state index in [1.165, 1.54) is 11.1 Å². The molecule has 2 aromatic heterocycles. The van der Waals surface area contributed by atoms with Gasteiger partial charge in [0.2, 0.25) is 0 Å². The SMILES string of the molecule is Cc1ccc(C(N)Cn2cnc3cc(C)c(C)cc32)o1. The molecule has 0 aliphatic rings. The summed E-state index contributed by atoms with van der Waals surface area (Å²) in [5.41, 5.74) is 10.9. The lowest BCUT2D eigenvalue weighted by atomic mass is 10.1. The Hall–Kier alpha value is -2.07. The second kappa shape index (κ2) is 4.80. The molecule has 0 radical (unpaired) electrons. The van der Waals surface area contributed by atoms with Crippen molar-refractivity contribution in [2.24, 2.45) is 5.73 Å². The van der Waals surface area contributed by atoms with E-state index >= 15 is 0 Å². The fraction of sp³-hybridized carbons (Fsp3) is 0.312. The molecule has 4 heteroatoms. The molecule has 0 aliphatic carbocycles. The van der Waals surface area contributed by atoms with Crippen molar-refractivity contribution >= 4 is 11.0 Å². The average molecular weight is 269 g/mol. The Morgan fingerprint density at radius 3 is 2.65 bits per heavy atom. The van der Waals surface area contributed by atoms with Gasteiger partial charge in [0.15, 0.2) is 0 Å². The van der Waals surface area contributed by atoms with Gasteiger partial charge in [-0.2, -0.15) is 0 Å². The summed E-state index contributed by atoms with van der Waals surface area (Å²) >= 11 is 0. The van der Waals surface area contributed by atoms with Crippen molar-refractivity contribution in [3.05, 3.63) is 53.2 Å². The van der Waals surface area contributed by atoms with E-state index in [1.807, 2.05) is 25.4 Å². The van der Waals surface area contributed by atoms with Gasteiger partial charge in [-0.25, -0.2) is 4.98 Å². The number of nitrogens with two attached hydrogens (primary N) is 1. The number of fused-ring (bicyclic) bond motifs is 1. The summed E-state index contributed by atoms with van der Waals surface area (Å²) in [5, 5.41) is 0. The molecule has 0 amide bonds. The Kier molecular flexibility index (Phi) is 3.10. The molecule has 1 aromatic carbocycles. The van der Waals surface area contributed by atoms with Crippen LogP contribution in [0.3, 0.4) is 0 Å². The molecule has 1 unspecified atom stereocenters. The second-order valence-electron chi connectivity index (χ2n) is 5.38. The van der Waals surface area contributed by atoms with Crippen LogP contribution in [-0.2, 0) is 6.54 Å². The monoisotopic (exact) mass is 269 g/mol. The Bertz CT molecular complexity index is 754. The molecule has 20 heavy (non-hydrogen) atoms. The highest BCUT2D eigenvalue weighted by molar-refractivity contribution is 5.77. The predicted molar refractivity (Wildman–Crippen MR) is 79.6 cm³/mol. The Labute approximate surface area is 118 Å². The van der Waals surface area contributed by atoms with Crippen LogP contribution in [0.1, 0.15) is 28.7 Å². The average Bonchev–Trinajstić information content (AvgIpc) is 2.98. The van der Waals surface area contributed by atoms with E-state index in [9.17, 15) is 0 Å². The Balaban J connectivity index is 1.93. The van der Waals surface area contributed by atoms with E-state index in [4.69, 9.17) is 10.2 Å². The number of hydrogen-bond donors (Lipinski definition) is 1.